The number of benzene rings is 1. The molecule has 1 aromatic heterocycles. The molecule has 32 heavy (non-hydrogen) atoms. The molecule has 0 radical (unpaired) electrons. The summed E-state index contributed by atoms with van der Waals surface area (Å²) in [6, 6.07) is 8.72. The number of likely N-dealkylation sites (N-methyl/N-ethyl adjacent to an activating group) is 1. The zero-order valence-corrected chi connectivity index (χ0v) is 18.9. The van der Waals surface area contributed by atoms with Gasteiger partial charge in [0.15, 0.2) is 0 Å². The Morgan fingerprint density at radius 3 is 2.88 bits per heavy atom. The minimum Gasteiger partial charge on any atom is -0.490 e. The lowest BCUT2D eigenvalue weighted by Crippen LogP contribution is -2.53. The quantitative estimate of drug-likeness (QED) is 0.693. The van der Waals surface area contributed by atoms with Crippen LogP contribution in [0, 0.1) is 0 Å². The smallest absolute Gasteiger partial charge is 0.308 e. The molecule has 0 aliphatic carbocycles. The number of thiophene rings is 1. The third kappa shape index (κ3) is 4.94. The Morgan fingerprint density at radius 2 is 2.12 bits per heavy atom. The van der Waals surface area contributed by atoms with E-state index in [9.17, 15) is 14.4 Å². The monoisotopic (exact) mass is 458 g/mol. The highest BCUT2D eigenvalue weighted by molar-refractivity contribution is 7.10. The number of esters is 1. The second kappa shape index (κ2) is 9.70. The predicted molar refractivity (Wildman–Crippen MR) is 119 cm³/mol. The van der Waals surface area contributed by atoms with E-state index in [1.54, 1.807) is 30.1 Å². The van der Waals surface area contributed by atoms with Crippen molar-refractivity contribution in [3.8, 4) is 5.75 Å². The average molecular weight is 459 g/mol. The molecule has 9 heteroatoms. The van der Waals surface area contributed by atoms with Crippen LogP contribution in [-0.2, 0) is 25.5 Å². The first-order chi connectivity index (χ1) is 15.4. The van der Waals surface area contributed by atoms with Gasteiger partial charge in [0, 0.05) is 17.6 Å². The molecular formula is C23H26N2O6S. The standard InChI is InChI=1S/C23H26N2O6S/c1-25-18-7-6-15(11-22(27)29-2)31-20(18)13-30-19-8-5-14(10-17(19)23(25)28)24-21(26)12-16-4-3-9-32-16/h3-5,8-10,15,18,20H,6-7,11-13H2,1-2H3,(H,24,26)/t15-,18-,20-/m1/s1. The van der Waals surface area contributed by atoms with Gasteiger partial charge in [0.1, 0.15) is 18.5 Å². The minimum atomic E-state index is -0.342. The van der Waals surface area contributed by atoms with E-state index in [1.165, 1.54) is 18.4 Å². The normalized spacial score (nSPS) is 22.6. The Morgan fingerprint density at radius 1 is 1.28 bits per heavy atom. The van der Waals surface area contributed by atoms with Crippen molar-refractivity contribution in [1.29, 1.82) is 0 Å². The number of nitrogens with one attached hydrogen (secondary N) is 1. The lowest BCUT2D eigenvalue weighted by Gasteiger charge is -2.42. The number of nitrogens with zero attached hydrogens (tertiary/aromatic N) is 1. The summed E-state index contributed by atoms with van der Waals surface area (Å²) < 4.78 is 16.8. The van der Waals surface area contributed by atoms with Gasteiger partial charge in [-0.25, -0.2) is 0 Å². The van der Waals surface area contributed by atoms with Crippen LogP contribution in [0.3, 0.4) is 0 Å². The van der Waals surface area contributed by atoms with Crippen molar-refractivity contribution in [2.75, 3.05) is 26.1 Å². The highest BCUT2D eigenvalue weighted by Crippen LogP contribution is 2.32. The fourth-order valence-corrected chi connectivity index (χ4v) is 4.85. The topological polar surface area (TPSA) is 94.2 Å². The minimum absolute atomic E-state index is 0.141. The van der Waals surface area contributed by atoms with Gasteiger partial charge in [-0.05, 0) is 42.5 Å². The van der Waals surface area contributed by atoms with Crippen LogP contribution >= 0.6 is 11.3 Å². The number of hydrogen-bond donors (Lipinski definition) is 1. The number of ether oxygens (including phenoxy) is 3. The summed E-state index contributed by atoms with van der Waals surface area (Å²) in [7, 11) is 3.11. The van der Waals surface area contributed by atoms with Crippen LogP contribution in [-0.4, -0.2) is 61.7 Å². The molecule has 1 aromatic carbocycles. The fraction of sp³-hybridized carbons (Fsp3) is 0.435. The van der Waals surface area contributed by atoms with Gasteiger partial charge >= 0.3 is 5.97 Å². The summed E-state index contributed by atoms with van der Waals surface area (Å²) in [5.41, 5.74) is 0.947. The molecule has 2 aliphatic rings. The van der Waals surface area contributed by atoms with Crippen molar-refractivity contribution in [3.05, 3.63) is 46.2 Å². The first-order valence-corrected chi connectivity index (χ1v) is 11.4. The van der Waals surface area contributed by atoms with Crippen molar-refractivity contribution in [2.45, 2.75) is 43.9 Å². The number of amides is 2. The van der Waals surface area contributed by atoms with Gasteiger partial charge in [0.05, 0.1) is 37.7 Å². The predicted octanol–water partition coefficient (Wildman–Crippen LogP) is 2.87. The van der Waals surface area contributed by atoms with E-state index in [2.05, 4.69) is 5.32 Å². The van der Waals surface area contributed by atoms with E-state index in [0.29, 0.717) is 29.8 Å². The number of carbonyl (C=O) groups is 3. The Bertz CT molecular complexity index is 992. The van der Waals surface area contributed by atoms with E-state index in [1.807, 2.05) is 17.5 Å². The van der Waals surface area contributed by atoms with Crippen LogP contribution in [0.15, 0.2) is 35.7 Å². The molecule has 0 bridgehead atoms. The second-order valence-electron chi connectivity index (χ2n) is 7.96. The van der Waals surface area contributed by atoms with Gasteiger partial charge in [0.2, 0.25) is 5.91 Å². The molecule has 0 unspecified atom stereocenters. The summed E-state index contributed by atoms with van der Waals surface area (Å²) in [4.78, 5) is 39.9. The number of hydrogen-bond acceptors (Lipinski definition) is 7. The molecule has 1 N–H and O–H groups in total. The van der Waals surface area contributed by atoms with Gasteiger partial charge in [-0.15, -0.1) is 11.3 Å². The maximum absolute atomic E-state index is 13.2. The zero-order chi connectivity index (χ0) is 22.7. The van der Waals surface area contributed by atoms with Crippen molar-refractivity contribution in [3.63, 3.8) is 0 Å². The Hall–Kier alpha value is -2.91. The van der Waals surface area contributed by atoms with E-state index in [-0.39, 0.29) is 55.5 Å². The largest absolute Gasteiger partial charge is 0.490 e. The van der Waals surface area contributed by atoms with Crippen molar-refractivity contribution in [1.82, 2.24) is 4.90 Å². The fourth-order valence-electron chi connectivity index (χ4n) is 4.15. The van der Waals surface area contributed by atoms with Crippen LogP contribution in [0.1, 0.15) is 34.5 Å². The highest BCUT2D eigenvalue weighted by Gasteiger charge is 2.39. The Kier molecular flexibility index (Phi) is 6.76. The van der Waals surface area contributed by atoms with E-state index in [0.717, 1.165) is 4.88 Å². The summed E-state index contributed by atoms with van der Waals surface area (Å²) >= 11 is 1.53. The maximum atomic E-state index is 13.2. The number of methoxy groups -OCH3 is 1. The average Bonchev–Trinajstić information content (AvgIpc) is 3.29. The van der Waals surface area contributed by atoms with Crippen LogP contribution in [0.5, 0.6) is 5.75 Å². The molecule has 2 aliphatic heterocycles. The highest BCUT2D eigenvalue weighted by atomic mass is 32.1. The molecule has 2 amide bonds. The molecular weight excluding hydrogens is 432 g/mol. The van der Waals surface area contributed by atoms with Crippen LogP contribution in [0.4, 0.5) is 5.69 Å². The van der Waals surface area contributed by atoms with Crippen molar-refractivity contribution < 1.29 is 28.6 Å². The first-order valence-electron chi connectivity index (χ1n) is 10.5. The molecule has 0 saturated carbocycles. The first kappa shape index (κ1) is 22.3. The molecule has 170 valence electrons. The molecule has 0 spiro atoms. The molecule has 1 saturated heterocycles. The summed E-state index contributed by atoms with van der Waals surface area (Å²) in [5.74, 6) is -0.213. The summed E-state index contributed by atoms with van der Waals surface area (Å²) in [6.45, 7) is 0.261. The van der Waals surface area contributed by atoms with Crippen LogP contribution in [0.25, 0.3) is 0 Å². The summed E-state index contributed by atoms with van der Waals surface area (Å²) in [6.07, 6.45) is 1.22. The number of fused-ring (bicyclic) bond motifs is 2. The molecule has 4 rings (SSSR count). The van der Waals surface area contributed by atoms with Gasteiger partial charge in [-0.3, -0.25) is 14.4 Å². The van der Waals surface area contributed by atoms with Gasteiger partial charge < -0.3 is 24.4 Å². The van der Waals surface area contributed by atoms with E-state index in [4.69, 9.17) is 14.2 Å². The Labute approximate surface area is 190 Å². The van der Waals surface area contributed by atoms with Gasteiger partial charge in [-0.2, -0.15) is 0 Å². The third-order valence-electron chi connectivity index (χ3n) is 5.83. The van der Waals surface area contributed by atoms with Gasteiger partial charge in [-0.1, -0.05) is 6.07 Å². The van der Waals surface area contributed by atoms with Crippen LogP contribution < -0.4 is 10.1 Å². The molecule has 1 fully saturated rings. The lowest BCUT2D eigenvalue weighted by molar-refractivity contribution is -0.151. The lowest BCUT2D eigenvalue weighted by atomic mass is 9.94. The number of carbonyl (C=O) groups excluding carboxylic acids is 3. The number of rotatable bonds is 5. The SMILES string of the molecule is COC(=O)C[C@H]1CC[C@@H]2[C@@H](COc3ccc(NC(=O)Cc4cccs4)cc3C(=O)N2C)O1. The second-order valence-corrected chi connectivity index (χ2v) is 9.00. The number of anilines is 1. The zero-order valence-electron chi connectivity index (χ0n) is 18.0. The third-order valence-corrected chi connectivity index (χ3v) is 6.71. The van der Waals surface area contributed by atoms with Gasteiger partial charge in [0.25, 0.3) is 5.91 Å². The maximum Gasteiger partial charge on any atom is 0.308 e. The molecule has 2 aromatic rings. The van der Waals surface area contributed by atoms with Crippen LogP contribution in [0.2, 0.25) is 0 Å². The Balaban J connectivity index is 1.48. The van der Waals surface area contributed by atoms with Crippen molar-refractivity contribution >= 4 is 34.8 Å². The van der Waals surface area contributed by atoms with Crippen molar-refractivity contribution in [2.24, 2.45) is 0 Å². The van der Waals surface area contributed by atoms with E-state index < -0.39 is 0 Å². The molecule has 3 heterocycles. The molecule has 8 nitrogen and oxygen atoms in total. The summed E-state index contributed by atoms with van der Waals surface area (Å²) in [5, 5.41) is 4.79. The molecule has 3 atom stereocenters. The van der Waals surface area contributed by atoms with E-state index >= 15 is 0 Å².